The van der Waals surface area contributed by atoms with E-state index in [0.717, 1.165) is 19.3 Å². The maximum Gasteiger partial charge on any atom is 0.251 e. The Balaban J connectivity index is 1.50. The van der Waals surface area contributed by atoms with Crippen LogP contribution in [0.15, 0.2) is 59.5 Å². The summed E-state index contributed by atoms with van der Waals surface area (Å²) in [5, 5.41) is 3.11. The Bertz CT molecular complexity index is 963. The normalized spacial score (nSPS) is 24.7. The fraction of sp³-hybridized carbons (Fsp3) is 0.409. The Morgan fingerprint density at radius 3 is 2.38 bits per heavy atom. The summed E-state index contributed by atoms with van der Waals surface area (Å²) in [6.07, 6.45) is 3.95. The number of sulfonamides is 1. The van der Waals surface area contributed by atoms with Crippen molar-refractivity contribution in [3.8, 4) is 5.75 Å². The van der Waals surface area contributed by atoms with Crippen LogP contribution in [0.3, 0.4) is 0 Å². The molecule has 2 fully saturated rings. The minimum absolute atomic E-state index is 0.0359. The number of hydrogen-bond acceptors (Lipinski definition) is 4. The number of piperidine rings is 2. The lowest BCUT2D eigenvalue weighted by Gasteiger charge is -2.47. The molecule has 2 unspecified atom stereocenters. The van der Waals surface area contributed by atoms with E-state index in [2.05, 4.69) is 5.32 Å². The number of nitrogens with one attached hydrogen (secondary N) is 1. The molecule has 2 aromatic carbocycles. The van der Waals surface area contributed by atoms with Crippen LogP contribution in [-0.4, -0.2) is 43.9 Å². The number of carbonyl (C=O) groups is 1. The predicted octanol–water partition coefficient (Wildman–Crippen LogP) is 3.20. The number of methoxy groups -OCH3 is 1. The summed E-state index contributed by atoms with van der Waals surface area (Å²) >= 11 is 0. The fourth-order valence-corrected chi connectivity index (χ4v) is 6.51. The summed E-state index contributed by atoms with van der Waals surface area (Å²) in [5.74, 6) is 0.490. The van der Waals surface area contributed by atoms with Gasteiger partial charge in [-0.15, -0.1) is 0 Å². The largest absolute Gasteiger partial charge is 0.497 e. The number of benzene rings is 2. The molecule has 2 bridgehead atoms. The second kappa shape index (κ2) is 8.16. The lowest BCUT2D eigenvalue weighted by molar-refractivity contribution is 0.0796. The molecule has 2 heterocycles. The summed E-state index contributed by atoms with van der Waals surface area (Å²) < 4.78 is 33.4. The SMILES string of the molecule is COc1cccc(C(=O)NC2CC3CCCC(C2)N3S(=O)(=O)c2ccccc2)c1. The van der Waals surface area contributed by atoms with Gasteiger partial charge in [-0.2, -0.15) is 4.31 Å². The van der Waals surface area contributed by atoms with Gasteiger partial charge in [0.2, 0.25) is 10.0 Å². The Labute approximate surface area is 171 Å². The van der Waals surface area contributed by atoms with Gasteiger partial charge in [0.05, 0.1) is 12.0 Å². The topological polar surface area (TPSA) is 75.7 Å². The van der Waals surface area contributed by atoms with Gasteiger partial charge in [-0.25, -0.2) is 8.42 Å². The number of nitrogens with zero attached hydrogens (tertiary/aromatic N) is 1. The Morgan fingerprint density at radius 1 is 1.03 bits per heavy atom. The fourth-order valence-electron chi connectivity index (χ4n) is 4.60. The number of hydrogen-bond donors (Lipinski definition) is 1. The number of amides is 1. The van der Waals surface area contributed by atoms with E-state index in [-0.39, 0.29) is 24.0 Å². The molecule has 0 aromatic heterocycles. The van der Waals surface area contributed by atoms with E-state index >= 15 is 0 Å². The molecule has 0 radical (unpaired) electrons. The maximum atomic E-state index is 13.2. The first-order valence-corrected chi connectivity index (χ1v) is 11.5. The minimum Gasteiger partial charge on any atom is -0.497 e. The van der Waals surface area contributed by atoms with Gasteiger partial charge in [-0.05, 0) is 56.0 Å². The molecule has 1 amide bonds. The minimum atomic E-state index is -3.53. The highest BCUT2D eigenvalue weighted by molar-refractivity contribution is 7.89. The van der Waals surface area contributed by atoms with Crippen LogP contribution < -0.4 is 10.1 Å². The van der Waals surface area contributed by atoms with Crippen LogP contribution in [0, 0.1) is 0 Å². The molecule has 154 valence electrons. The van der Waals surface area contributed by atoms with Crippen molar-refractivity contribution in [1.29, 1.82) is 0 Å². The third kappa shape index (κ3) is 4.02. The van der Waals surface area contributed by atoms with Crippen molar-refractivity contribution in [2.75, 3.05) is 7.11 Å². The van der Waals surface area contributed by atoms with Crippen molar-refractivity contribution in [3.05, 3.63) is 60.2 Å². The number of carbonyl (C=O) groups excluding carboxylic acids is 1. The van der Waals surface area contributed by atoms with Crippen LogP contribution in [0.2, 0.25) is 0 Å². The van der Waals surface area contributed by atoms with Crippen LogP contribution in [0.5, 0.6) is 5.75 Å². The highest BCUT2D eigenvalue weighted by atomic mass is 32.2. The summed E-state index contributed by atoms with van der Waals surface area (Å²) in [4.78, 5) is 13.0. The van der Waals surface area contributed by atoms with Gasteiger partial charge in [0.1, 0.15) is 5.75 Å². The van der Waals surface area contributed by atoms with Crippen LogP contribution in [0.4, 0.5) is 0 Å². The van der Waals surface area contributed by atoms with E-state index in [1.807, 2.05) is 6.07 Å². The molecule has 7 heteroatoms. The number of fused-ring (bicyclic) bond motifs is 2. The average Bonchev–Trinajstić information content (AvgIpc) is 2.73. The molecule has 1 N–H and O–H groups in total. The molecular weight excluding hydrogens is 388 g/mol. The maximum absolute atomic E-state index is 13.2. The van der Waals surface area contributed by atoms with E-state index in [1.165, 1.54) is 0 Å². The third-order valence-corrected chi connectivity index (χ3v) is 7.91. The lowest BCUT2D eigenvalue weighted by atomic mass is 9.84. The number of ether oxygens (including phenoxy) is 1. The van der Waals surface area contributed by atoms with E-state index in [4.69, 9.17) is 4.74 Å². The molecule has 0 saturated carbocycles. The Kier molecular flexibility index (Phi) is 5.61. The zero-order valence-electron chi connectivity index (χ0n) is 16.5. The summed E-state index contributed by atoms with van der Waals surface area (Å²) in [6, 6.07) is 15.5. The van der Waals surface area contributed by atoms with E-state index in [9.17, 15) is 13.2 Å². The lowest BCUT2D eigenvalue weighted by Crippen LogP contribution is -2.58. The Hall–Kier alpha value is -2.38. The molecule has 6 nitrogen and oxygen atoms in total. The van der Waals surface area contributed by atoms with Gasteiger partial charge < -0.3 is 10.1 Å². The molecule has 0 aliphatic carbocycles. The molecule has 2 aromatic rings. The summed E-state index contributed by atoms with van der Waals surface area (Å²) in [5.41, 5.74) is 0.550. The van der Waals surface area contributed by atoms with E-state index in [0.29, 0.717) is 29.1 Å². The molecular formula is C22H26N2O4S. The number of rotatable bonds is 5. The quantitative estimate of drug-likeness (QED) is 0.815. The van der Waals surface area contributed by atoms with Crippen molar-refractivity contribution in [2.24, 2.45) is 0 Å². The van der Waals surface area contributed by atoms with Crippen LogP contribution in [0.1, 0.15) is 42.5 Å². The second-order valence-corrected chi connectivity index (χ2v) is 9.60. The first kappa shape index (κ1) is 19.9. The molecule has 29 heavy (non-hydrogen) atoms. The van der Waals surface area contributed by atoms with Gasteiger partial charge in [-0.1, -0.05) is 30.7 Å². The second-order valence-electron chi connectivity index (χ2n) is 7.76. The molecule has 2 saturated heterocycles. The average molecular weight is 415 g/mol. The standard InChI is InChI=1S/C22H26N2O4S/c1-28-20-10-5-7-16(13-20)22(25)23-17-14-18-8-6-9-19(15-17)24(18)29(26,27)21-11-3-2-4-12-21/h2-5,7,10-13,17-19H,6,8-9,14-15H2,1H3,(H,23,25). The Morgan fingerprint density at radius 2 is 1.72 bits per heavy atom. The smallest absolute Gasteiger partial charge is 0.251 e. The monoisotopic (exact) mass is 414 g/mol. The molecule has 4 rings (SSSR count). The van der Waals surface area contributed by atoms with Crippen molar-refractivity contribution in [2.45, 2.75) is 55.1 Å². The first-order chi connectivity index (χ1) is 14.0. The highest BCUT2D eigenvalue weighted by Gasteiger charge is 2.45. The predicted molar refractivity (Wildman–Crippen MR) is 110 cm³/mol. The zero-order chi connectivity index (χ0) is 20.4. The van der Waals surface area contributed by atoms with Gasteiger partial charge in [0.15, 0.2) is 0 Å². The van der Waals surface area contributed by atoms with E-state index < -0.39 is 10.0 Å². The zero-order valence-corrected chi connectivity index (χ0v) is 17.3. The molecule has 2 atom stereocenters. The van der Waals surface area contributed by atoms with Crippen LogP contribution in [0.25, 0.3) is 0 Å². The van der Waals surface area contributed by atoms with Gasteiger partial charge in [0.25, 0.3) is 5.91 Å². The third-order valence-electron chi connectivity index (χ3n) is 5.89. The van der Waals surface area contributed by atoms with Crippen molar-refractivity contribution < 1.29 is 17.9 Å². The van der Waals surface area contributed by atoms with E-state index in [1.54, 1.807) is 59.9 Å². The van der Waals surface area contributed by atoms with Crippen molar-refractivity contribution in [1.82, 2.24) is 9.62 Å². The molecule has 2 aliphatic heterocycles. The molecule has 2 aliphatic rings. The summed E-state index contributed by atoms with van der Waals surface area (Å²) in [7, 11) is -1.96. The van der Waals surface area contributed by atoms with Gasteiger partial charge >= 0.3 is 0 Å². The van der Waals surface area contributed by atoms with Gasteiger partial charge in [0, 0.05) is 23.7 Å². The highest BCUT2D eigenvalue weighted by Crippen LogP contribution is 2.38. The van der Waals surface area contributed by atoms with Crippen LogP contribution in [-0.2, 0) is 10.0 Å². The van der Waals surface area contributed by atoms with Gasteiger partial charge in [-0.3, -0.25) is 4.79 Å². The first-order valence-electron chi connectivity index (χ1n) is 10.0. The molecule has 0 spiro atoms. The summed E-state index contributed by atoms with van der Waals surface area (Å²) in [6.45, 7) is 0. The van der Waals surface area contributed by atoms with Crippen molar-refractivity contribution in [3.63, 3.8) is 0 Å². The van der Waals surface area contributed by atoms with Crippen LogP contribution >= 0.6 is 0 Å². The van der Waals surface area contributed by atoms with Crippen molar-refractivity contribution >= 4 is 15.9 Å².